The first-order chi connectivity index (χ1) is 12.6. The van der Waals surface area contributed by atoms with E-state index in [4.69, 9.17) is 17.3 Å². The monoisotopic (exact) mass is 371 g/mol. The van der Waals surface area contributed by atoms with Gasteiger partial charge in [-0.05, 0) is 62.6 Å². The van der Waals surface area contributed by atoms with Crippen molar-refractivity contribution in [1.82, 2.24) is 23.6 Å². The highest BCUT2D eigenvalue weighted by Crippen LogP contribution is 2.16. The van der Waals surface area contributed by atoms with Crippen molar-refractivity contribution in [3.63, 3.8) is 0 Å². The number of fused-ring (bicyclic) bond motifs is 3. The maximum absolute atomic E-state index is 13.1. The van der Waals surface area contributed by atoms with Crippen LogP contribution < -0.4 is 5.56 Å². The van der Waals surface area contributed by atoms with Crippen LogP contribution in [0.5, 0.6) is 0 Å². The SMILES string of the molecule is CC(C)CCn1c(=O)c2ccccc2n2c(=S)n(CN3CCCC3)nc12. The second-order valence-electron chi connectivity index (χ2n) is 7.54. The highest BCUT2D eigenvalue weighted by molar-refractivity contribution is 7.71. The summed E-state index contributed by atoms with van der Waals surface area (Å²) in [4.78, 5) is 15.4. The van der Waals surface area contributed by atoms with E-state index >= 15 is 0 Å². The molecule has 1 fully saturated rings. The van der Waals surface area contributed by atoms with Crippen LogP contribution in [0.1, 0.15) is 33.1 Å². The van der Waals surface area contributed by atoms with Gasteiger partial charge in [0, 0.05) is 6.54 Å². The van der Waals surface area contributed by atoms with Gasteiger partial charge >= 0.3 is 0 Å². The van der Waals surface area contributed by atoms with E-state index in [0.29, 0.717) is 35.1 Å². The molecule has 0 bridgehead atoms. The summed E-state index contributed by atoms with van der Waals surface area (Å²) >= 11 is 5.75. The van der Waals surface area contributed by atoms with Gasteiger partial charge in [0.05, 0.1) is 17.6 Å². The van der Waals surface area contributed by atoms with Crippen LogP contribution in [0.15, 0.2) is 29.1 Å². The topological polar surface area (TPSA) is 47.5 Å². The molecule has 0 radical (unpaired) electrons. The number of rotatable bonds is 5. The fraction of sp³-hybridized carbons (Fsp3) is 0.526. The molecule has 0 atom stereocenters. The molecule has 3 aromatic rings. The number of hydrogen-bond donors (Lipinski definition) is 0. The van der Waals surface area contributed by atoms with Crippen molar-refractivity contribution in [1.29, 1.82) is 0 Å². The highest BCUT2D eigenvalue weighted by atomic mass is 32.1. The lowest BCUT2D eigenvalue weighted by atomic mass is 10.1. The molecule has 1 aromatic carbocycles. The number of hydrogen-bond acceptors (Lipinski definition) is 4. The summed E-state index contributed by atoms with van der Waals surface area (Å²) in [5.74, 6) is 1.17. The molecular weight excluding hydrogens is 346 g/mol. The van der Waals surface area contributed by atoms with Crippen LogP contribution >= 0.6 is 12.2 Å². The van der Waals surface area contributed by atoms with Crippen molar-refractivity contribution in [3.05, 3.63) is 39.4 Å². The minimum absolute atomic E-state index is 0.0158. The smallest absolute Gasteiger partial charge is 0.262 e. The minimum Gasteiger partial charge on any atom is -0.284 e. The van der Waals surface area contributed by atoms with Crippen LogP contribution in [0.3, 0.4) is 0 Å². The lowest BCUT2D eigenvalue weighted by molar-refractivity contribution is 0.253. The molecule has 0 saturated carbocycles. The van der Waals surface area contributed by atoms with E-state index in [1.165, 1.54) is 12.8 Å². The third kappa shape index (κ3) is 2.99. The normalized spacial score (nSPS) is 15.7. The predicted octanol–water partition coefficient (Wildman–Crippen LogP) is 3.28. The number of aromatic nitrogens is 4. The molecular formula is C19H25N5OS. The minimum atomic E-state index is 0.0158. The standard InChI is InChI=1S/C19H25N5OS/c1-14(2)9-12-22-17(25)15-7-3-4-8-16(15)24-18(22)20-23(19(24)26)13-21-10-5-6-11-21/h3-4,7-8,14H,5-6,9-13H2,1-2H3. The molecule has 0 N–H and O–H groups in total. The Morgan fingerprint density at radius 3 is 2.65 bits per heavy atom. The first-order valence-electron chi connectivity index (χ1n) is 9.39. The van der Waals surface area contributed by atoms with Gasteiger partial charge in [0.15, 0.2) is 0 Å². The van der Waals surface area contributed by atoms with Gasteiger partial charge in [-0.2, -0.15) is 0 Å². The highest BCUT2D eigenvalue weighted by Gasteiger charge is 2.18. The summed E-state index contributed by atoms with van der Waals surface area (Å²) in [7, 11) is 0. The average molecular weight is 372 g/mol. The van der Waals surface area contributed by atoms with Crippen molar-refractivity contribution in [2.24, 2.45) is 5.92 Å². The largest absolute Gasteiger partial charge is 0.284 e. The summed E-state index contributed by atoms with van der Waals surface area (Å²) in [6.07, 6.45) is 3.38. The van der Waals surface area contributed by atoms with Gasteiger partial charge in [-0.1, -0.05) is 26.0 Å². The van der Waals surface area contributed by atoms with Crippen molar-refractivity contribution in [3.8, 4) is 0 Å². The Morgan fingerprint density at radius 2 is 1.92 bits per heavy atom. The van der Waals surface area contributed by atoms with Crippen LogP contribution in [-0.4, -0.2) is 36.7 Å². The summed E-state index contributed by atoms with van der Waals surface area (Å²) in [5, 5.41) is 5.46. The van der Waals surface area contributed by atoms with Crippen LogP contribution in [-0.2, 0) is 13.2 Å². The molecule has 2 aromatic heterocycles. The summed E-state index contributed by atoms with van der Waals surface area (Å²) in [5.41, 5.74) is 0.855. The van der Waals surface area contributed by atoms with Crippen LogP contribution in [0.4, 0.5) is 0 Å². The molecule has 3 heterocycles. The second-order valence-corrected chi connectivity index (χ2v) is 7.91. The van der Waals surface area contributed by atoms with Gasteiger partial charge in [0.2, 0.25) is 10.5 Å². The average Bonchev–Trinajstić information content (AvgIpc) is 3.24. The van der Waals surface area contributed by atoms with Gasteiger partial charge in [-0.3, -0.25) is 18.7 Å². The van der Waals surface area contributed by atoms with E-state index in [1.54, 1.807) is 4.57 Å². The number of para-hydroxylation sites is 1. The summed E-state index contributed by atoms with van der Waals surface area (Å²) in [6.45, 7) is 7.84. The fourth-order valence-corrected chi connectivity index (χ4v) is 3.94. The van der Waals surface area contributed by atoms with Gasteiger partial charge in [-0.25, -0.2) is 4.68 Å². The molecule has 0 aliphatic carbocycles. The van der Waals surface area contributed by atoms with Crippen molar-refractivity contribution < 1.29 is 0 Å². The molecule has 0 amide bonds. The van der Waals surface area contributed by atoms with Gasteiger partial charge < -0.3 is 0 Å². The molecule has 0 spiro atoms. The summed E-state index contributed by atoms with van der Waals surface area (Å²) in [6, 6.07) is 7.68. The van der Waals surface area contributed by atoms with E-state index in [9.17, 15) is 4.79 Å². The molecule has 0 unspecified atom stereocenters. The first-order valence-corrected chi connectivity index (χ1v) is 9.80. The molecule has 7 heteroatoms. The molecule has 138 valence electrons. The van der Waals surface area contributed by atoms with Gasteiger partial charge in [-0.15, -0.1) is 5.10 Å². The number of nitrogens with zero attached hydrogens (tertiary/aromatic N) is 5. The Hall–Kier alpha value is -1.99. The third-order valence-corrected chi connectivity index (χ3v) is 5.54. The molecule has 1 aliphatic heterocycles. The zero-order valence-corrected chi connectivity index (χ0v) is 16.2. The van der Waals surface area contributed by atoms with E-state index < -0.39 is 0 Å². The molecule has 26 heavy (non-hydrogen) atoms. The van der Waals surface area contributed by atoms with Crippen molar-refractivity contribution in [2.45, 2.75) is 46.3 Å². The maximum Gasteiger partial charge on any atom is 0.262 e. The lowest BCUT2D eigenvalue weighted by Crippen LogP contribution is -2.24. The van der Waals surface area contributed by atoms with Crippen molar-refractivity contribution in [2.75, 3.05) is 13.1 Å². The predicted molar refractivity (Wildman–Crippen MR) is 106 cm³/mol. The molecule has 1 aliphatic rings. The second kappa shape index (κ2) is 6.96. The fourth-order valence-electron chi connectivity index (χ4n) is 3.66. The Morgan fingerprint density at radius 1 is 1.19 bits per heavy atom. The van der Waals surface area contributed by atoms with Crippen molar-refractivity contribution >= 4 is 28.9 Å². The van der Waals surface area contributed by atoms with Gasteiger partial charge in [0.1, 0.15) is 0 Å². The Bertz CT molecular complexity index is 1060. The van der Waals surface area contributed by atoms with Crippen LogP contribution in [0.25, 0.3) is 16.7 Å². The Labute approximate surface area is 157 Å². The maximum atomic E-state index is 13.1. The molecule has 6 nitrogen and oxygen atoms in total. The van der Waals surface area contributed by atoms with E-state index in [-0.39, 0.29) is 5.56 Å². The number of benzene rings is 1. The van der Waals surface area contributed by atoms with E-state index in [0.717, 1.165) is 25.0 Å². The number of aryl methyl sites for hydroxylation is 1. The first kappa shape index (κ1) is 17.4. The molecule has 4 rings (SSSR count). The zero-order valence-electron chi connectivity index (χ0n) is 15.4. The quantitative estimate of drug-likeness (QED) is 0.646. The third-order valence-electron chi connectivity index (χ3n) is 5.15. The van der Waals surface area contributed by atoms with Gasteiger partial charge in [0.25, 0.3) is 5.56 Å². The van der Waals surface area contributed by atoms with Crippen LogP contribution in [0, 0.1) is 10.7 Å². The Kier molecular flexibility index (Phi) is 4.67. The van der Waals surface area contributed by atoms with Crippen LogP contribution in [0.2, 0.25) is 0 Å². The molecule has 1 saturated heterocycles. The summed E-state index contributed by atoms with van der Waals surface area (Å²) < 4.78 is 6.27. The van der Waals surface area contributed by atoms with E-state index in [2.05, 4.69) is 18.7 Å². The number of likely N-dealkylation sites (tertiary alicyclic amines) is 1. The van der Waals surface area contributed by atoms with E-state index in [1.807, 2.05) is 33.3 Å². The zero-order chi connectivity index (χ0) is 18.3. The lowest BCUT2D eigenvalue weighted by Gasteiger charge is -2.13. The Balaban J connectivity index is 1.94.